The second-order valence-electron chi connectivity index (χ2n) is 3.97. The molecule has 0 heterocycles. The van der Waals surface area contributed by atoms with Gasteiger partial charge in [0.05, 0.1) is 4.47 Å². The van der Waals surface area contributed by atoms with Gasteiger partial charge in [-0.25, -0.2) is 4.39 Å². The average molecular weight is 345 g/mol. The highest BCUT2D eigenvalue weighted by atomic mass is 79.9. The highest BCUT2D eigenvalue weighted by Gasteiger charge is 2.14. The van der Waals surface area contributed by atoms with Gasteiger partial charge in [0.1, 0.15) is 17.7 Å². The first-order chi connectivity index (χ1) is 9.10. The van der Waals surface area contributed by atoms with Crippen molar-refractivity contribution in [1.29, 1.82) is 0 Å². The van der Waals surface area contributed by atoms with Gasteiger partial charge < -0.3 is 10.5 Å². The summed E-state index contributed by atoms with van der Waals surface area (Å²) in [5.74, 6) is 0.304. The predicted octanol–water partition coefficient (Wildman–Crippen LogP) is 4.32. The number of halogens is 3. The largest absolute Gasteiger partial charge is 0.483 e. The van der Waals surface area contributed by atoms with E-state index in [9.17, 15) is 4.39 Å². The Morgan fingerprint density at radius 1 is 1.26 bits per heavy atom. The maximum atomic E-state index is 13.2. The lowest BCUT2D eigenvalue weighted by molar-refractivity contribution is 0.212. The minimum absolute atomic E-state index is 0.249. The van der Waals surface area contributed by atoms with Crippen molar-refractivity contribution in [2.75, 3.05) is 6.54 Å². The summed E-state index contributed by atoms with van der Waals surface area (Å²) < 4.78 is 19.7. The van der Waals surface area contributed by atoms with Crippen LogP contribution in [0.5, 0.6) is 5.75 Å². The van der Waals surface area contributed by atoms with E-state index in [4.69, 9.17) is 22.1 Å². The quantitative estimate of drug-likeness (QED) is 0.896. The fourth-order valence-electron chi connectivity index (χ4n) is 1.68. The first-order valence-electron chi connectivity index (χ1n) is 5.67. The Morgan fingerprint density at radius 2 is 2.05 bits per heavy atom. The Bertz CT molecular complexity index is 579. The molecule has 0 aromatic heterocycles. The van der Waals surface area contributed by atoms with Gasteiger partial charge in [0.15, 0.2) is 0 Å². The fraction of sp³-hybridized carbons (Fsp3) is 0.143. The molecule has 0 radical (unpaired) electrons. The van der Waals surface area contributed by atoms with Gasteiger partial charge in [-0.15, -0.1) is 0 Å². The molecule has 0 saturated heterocycles. The average Bonchev–Trinajstić information content (AvgIpc) is 2.38. The van der Waals surface area contributed by atoms with Crippen molar-refractivity contribution in [3.63, 3.8) is 0 Å². The molecule has 0 amide bonds. The summed E-state index contributed by atoms with van der Waals surface area (Å²) in [6.45, 7) is 0.249. The normalized spacial score (nSPS) is 12.2. The molecule has 0 aliphatic carbocycles. The van der Waals surface area contributed by atoms with Gasteiger partial charge in [0.25, 0.3) is 0 Å². The van der Waals surface area contributed by atoms with Crippen molar-refractivity contribution in [3.05, 3.63) is 63.3 Å². The molecule has 5 heteroatoms. The van der Waals surface area contributed by atoms with Crippen LogP contribution >= 0.6 is 27.5 Å². The van der Waals surface area contributed by atoms with Gasteiger partial charge in [-0.3, -0.25) is 0 Å². The summed E-state index contributed by atoms with van der Waals surface area (Å²) in [5, 5.41) is 0.606. The van der Waals surface area contributed by atoms with E-state index in [1.54, 1.807) is 30.3 Å². The smallest absolute Gasteiger partial charge is 0.136 e. The van der Waals surface area contributed by atoms with Crippen molar-refractivity contribution in [2.24, 2.45) is 5.73 Å². The molecule has 0 fully saturated rings. The fourth-order valence-corrected chi connectivity index (χ4v) is 2.46. The lowest BCUT2D eigenvalue weighted by Gasteiger charge is -2.19. The lowest BCUT2D eigenvalue weighted by atomic mass is 10.1. The molecule has 1 unspecified atom stereocenters. The van der Waals surface area contributed by atoms with Crippen LogP contribution in [0.1, 0.15) is 11.7 Å². The third kappa shape index (κ3) is 3.69. The van der Waals surface area contributed by atoms with Crippen molar-refractivity contribution >= 4 is 27.5 Å². The SMILES string of the molecule is NCC(Oc1ccc(Cl)cc1Br)c1cccc(F)c1. The topological polar surface area (TPSA) is 35.2 Å². The van der Waals surface area contributed by atoms with Crippen molar-refractivity contribution in [3.8, 4) is 5.75 Å². The van der Waals surface area contributed by atoms with E-state index >= 15 is 0 Å². The van der Waals surface area contributed by atoms with E-state index < -0.39 is 6.10 Å². The summed E-state index contributed by atoms with van der Waals surface area (Å²) in [5.41, 5.74) is 6.39. The summed E-state index contributed by atoms with van der Waals surface area (Å²) in [7, 11) is 0. The lowest BCUT2D eigenvalue weighted by Crippen LogP contribution is -2.18. The number of rotatable bonds is 4. The van der Waals surface area contributed by atoms with E-state index in [0.29, 0.717) is 16.3 Å². The number of hydrogen-bond acceptors (Lipinski definition) is 2. The minimum atomic E-state index is -0.409. The second kappa shape index (κ2) is 6.37. The van der Waals surface area contributed by atoms with Crippen LogP contribution in [0.15, 0.2) is 46.9 Å². The zero-order valence-corrected chi connectivity index (χ0v) is 12.3. The number of benzene rings is 2. The molecule has 1 atom stereocenters. The molecule has 0 aliphatic heterocycles. The van der Waals surface area contributed by atoms with Crippen LogP contribution in [0.25, 0.3) is 0 Å². The van der Waals surface area contributed by atoms with Gasteiger partial charge in [-0.2, -0.15) is 0 Å². The molecule has 0 aliphatic rings. The van der Waals surface area contributed by atoms with Crippen LogP contribution in [0.2, 0.25) is 5.02 Å². The predicted molar refractivity (Wildman–Crippen MR) is 78.0 cm³/mol. The molecular formula is C14H12BrClFNO. The van der Waals surface area contributed by atoms with E-state index in [1.807, 2.05) is 0 Å². The molecule has 0 saturated carbocycles. The van der Waals surface area contributed by atoms with Crippen LogP contribution < -0.4 is 10.5 Å². The summed E-state index contributed by atoms with van der Waals surface area (Å²) >= 11 is 9.23. The zero-order valence-electron chi connectivity index (χ0n) is 9.95. The Kier molecular flexibility index (Phi) is 4.80. The van der Waals surface area contributed by atoms with Gasteiger partial charge in [-0.05, 0) is 51.8 Å². The van der Waals surface area contributed by atoms with Crippen LogP contribution in [0.4, 0.5) is 4.39 Å². The Morgan fingerprint density at radius 3 is 2.68 bits per heavy atom. The number of ether oxygens (including phenoxy) is 1. The maximum Gasteiger partial charge on any atom is 0.136 e. The Balaban J connectivity index is 2.24. The van der Waals surface area contributed by atoms with E-state index in [2.05, 4.69) is 15.9 Å². The number of hydrogen-bond donors (Lipinski definition) is 1. The van der Waals surface area contributed by atoms with Gasteiger partial charge in [0, 0.05) is 11.6 Å². The monoisotopic (exact) mass is 343 g/mol. The van der Waals surface area contributed by atoms with Gasteiger partial charge in [0.2, 0.25) is 0 Å². The minimum Gasteiger partial charge on any atom is -0.483 e. The Hall–Kier alpha value is -1.10. The molecule has 100 valence electrons. The molecule has 2 N–H and O–H groups in total. The van der Waals surface area contributed by atoms with Gasteiger partial charge >= 0.3 is 0 Å². The standard InChI is InChI=1S/C14H12BrClFNO/c15-12-7-10(16)4-5-13(12)19-14(8-18)9-2-1-3-11(17)6-9/h1-7,14H,8,18H2. The first kappa shape index (κ1) is 14.3. The third-order valence-electron chi connectivity index (χ3n) is 2.60. The van der Waals surface area contributed by atoms with Crippen LogP contribution in [0.3, 0.4) is 0 Å². The highest BCUT2D eigenvalue weighted by Crippen LogP contribution is 2.31. The summed E-state index contributed by atoms with van der Waals surface area (Å²) in [6.07, 6.45) is -0.409. The van der Waals surface area contributed by atoms with E-state index in [1.165, 1.54) is 12.1 Å². The van der Waals surface area contributed by atoms with E-state index in [-0.39, 0.29) is 12.4 Å². The number of nitrogens with two attached hydrogens (primary N) is 1. The molecule has 2 aromatic carbocycles. The Labute approximate surface area is 124 Å². The highest BCUT2D eigenvalue weighted by molar-refractivity contribution is 9.10. The molecule has 19 heavy (non-hydrogen) atoms. The second-order valence-corrected chi connectivity index (χ2v) is 5.26. The van der Waals surface area contributed by atoms with Crippen LogP contribution in [0, 0.1) is 5.82 Å². The maximum absolute atomic E-state index is 13.2. The summed E-state index contributed by atoms with van der Waals surface area (Å²) in [6, 6.07) is 11.4. The van der Waals surface area contributed by atoms with Gasteiger partial charge in [-0.1, -0.05) is 23.7 Å². The van der Waals surface area contributed by atoms with Crippen molar-refractivity contribution in [1.82, 2.24) is 0 Å². The molecule has 0 bridgehead atoms. The third-order valence-corrected chi connectivity index (χ3v) is 3.45. The van der Waals surface area contributed by atoms with Crippen LogP contribution in [-0.2, 0) is 0 Å². The zero-order chi connectivity index (χ0) is 13.8. The van der Waals surface area contributed by atoms with Crippen molar-refractivity contribution < 1.29 is 9.13 Å². The van der Waals surface area contributed by atoms with E-state index in [0.717, 1.165) is 4.47 Å². The van der Waals surface area contributed by atoms with Crippen LogP contribution in [-0.4, -0.2) is 6.54 Å². The molecule has 2 aromatic rings. The first-order valence-corrected chi connectivity index (χ1v) is 6.84. The molecule has 2 rings (SSSR count). The van der Waals surface area contributed by atoms with Crippen molar-refractivity contribution in [2.45, 2.75) is 6.10 Å². The molecular weight excluding hydrogens is 333 g/mol. The summed E-state index contributed by atoms with van der Waals surface area (Å²) in [4.78, 5) is 0. The molecule has 2 nitrogen and oxygen atoms in total. The molecule has 0 spiro atoms.